The topological polar surface area (TPSA) is 38.7 Å². The molecular formula is C10H17NO2S. The number of hydrogen-bond donors (Lipinski definition) is 0. The monoisotopic (exact) mass is 215 g/mol. The molecule has 0 fully saturated rings. The molecule has 1 aliphatic heterocycles. The SMILES string of the molecule is CC(=O)CCSC1=NOC(C(C)C)C1. The Hall–Kier alpha value is -0.510. The molecule has 3 nitrogen and oxygen atoms in total. The smallest absolute Gasteiger partial charge is 0.136 e. The molecule has 0 radical (unpaired) electrons. The quantitative estimate of drug-likeness (QED) is 0.723. The van der Waals surface area contributed by atoms with Crippen LogP contribution in [0.25, 0.3) is 0 Å². The van der Waals surface area contributed by atoms with Crippen LogP contribution >= 0.6 is 11.8 Å². The highest BCUT2D eigenvalue weighted by Gasteiger charge is 2.23. The Morgan fingerprint density at radius 3 is 2.93 bits per heavy atom. The van der Waals surface area contributed by atoms with E-state index in [1.165, 1.54) is 0 Å². The van der Waals surface area contributed by atoms with Crippen LogP contribution in [0, 0.1) is 5.92 Å². The van der Waals surface area contributed by atoms with E-state index in [4.69, 9.17) is 4.84 Å². The van der Waals surface area contributed by atoms with Crippen molar-refractivity contribution >= 4 is 22.6 Å². The van der Waals surface area contributed by atoms with Crippen LogP contribution in [0.3, 0.4) is 0 Å². The summed E-state index contributed by atoms with van der Waals surface area (Å²) in [4.78, 5) is 16.0. The predicted molar refractivity (Wildman–Crippen MR) is 59.5 cm³/mol. The molecule has 80 valence electrons. The van der Waals surface area contributed by atoms with Crippen LogP contribution in [0.5, 0.6) is 0 Å². The van der Waals surface area contributed by atoms with Crippen molar-refractivity contribution < 1.29 is 9.63 Å². The molecule has 0 aromatic heterocycles. The number of hydrogen-bond acceptors (Lipinski definition) is 4. The van der Waals surface area contributed by atoms with E-state index in [0.717, 1.165) is 17.2 Å². The largest absolute Gasteiger partial charge is 0.391 e. The maximum Gasteiger partial charge on any atom is 0.136 e. The van der Waals surface area contributed by atoms with Crippen LogP contribution in [-0.4, -0.2) is 22.7 Å². The molecule has 0 bridgehead atoms. The summed E-state index contributed by atoms with van der Waals surface area (Å²) in [6.07, 6.45) is 1.76. The predicted octanol–water partition coefficient (Wildman–Crippen LogP) is 2.46. The number of Topliss-reactive ketones (excluding diaryl/α,β-unsaturated/α-hetero) is 1. The Balaban J connectivity index is 2.19. The van der Waals surface area contributed by atoms with E-state index in [9.17, 15) is 4.79 Å². The van der Waals surface area contributed by atoms with E-state index in [-0.39, 0.29) is 11.9 Å². The van der Waals surface area contributed by atoms with Crippen molar-refractivity contribution in [3.8, 4) is 0 Å². The molecule has 1 aliphatic rings. The molecule has 0 aromatic carbocycles. The number of nitrogens with zero attached hydrogens (tertiary/aromatic N) is 1. The maximum absolute atomic E-state index is 10.7. The Kier molecular flexibility index (Phi) is 4.45. The molecule has 1 atom stereocenters. The molecule has 0 saturated carbocycles. The summed E-state index contributed by atoms with van der Waals surface area (Å²) in [6.45, 7) is 5.87. The standard InChI is InChI=1S/C10H17NO2S/c1-7(2)9-6-10(11-13-9)14-5-4-8(3)12/h7,9H,4-6H2,1-3H3. The van der Waals surface area contributed by atoms with Crippen molar-refractivity contribution in [2.24, 2.45) is 11.1 Å². The van der Waals surface area contributed by atoms with Gasteiger partial charge in [-0.05, 0) is 12.8 Å². The first kappa shape index (κ1) is 11.6. The van der Waals surface area contributed by atoms with Gasteiger partial charge in [0.15, 0.2) is 0 Å². The van der Waals surface area contributed by atoms with Gasteiger partial charge in [0.1, 0.15) is 16.9 Å². The summed E-state index contributed by atoms with van der Waals surface area (Å²) in [7, 11) is 0. The number of oxime groups is 1. The molecule has 0 amide bonds. The number of carbonyl (C=O) groups is 1. The summed E-state index contributed by atoms with van der Waals surface area (Å²) in [6, 6.07) is 0. The molecule has 1 rings (SSSR count). The van der Waals surface area contributed by atoms with Crippen LogP contribution in [-0.2, 0) is 9.63 Å². The lowest BCUT2D eigenvalue weighted by Gasteiger charge is -2.10. The van der Waals surface area contributed by atoms with Crippen molar-refractivity contribution in [3.05, 3.63) is 0 Å². The van der Waals surface area contributed by atoms with Gasteiger partial charge in [-0.2, -0.15) is 0 Å². The Bertz CT molecular complexity index is 238. The fourth-order valence-corrected chi connectivity index (χ4v) is 2.13. The van der Waals surface area contributed by atoms with Crippen molar-refractivity contribution in [1.82, 2.24) is 0 Å². The van der Waals surface area contributed by atoms with E-state index >= 15 is 0 Å². The molecule has 1 heterocycles. The van der Waals surface area contributed by atoms with E-state index in [1.54, 1.807) is 18.7 Å². The van der Waals surface area contributed by atoms with E-state index in [1.807, 2.05) is 0 Å². The number of rotatable bonds is 4. The van der Waals surface area contributed by atoms with Gasteiger partial charge in [0.25, 0.3) is 0 Å². The first-order valence-electron chi connectivity index (χ1n) is 4.94. The average molecular weight is 215 g/mol. The van der Waals surface area contributed by atoms with Crippen LogP contribution in [0.4, 0.5) is 0 Å². The van der Waals surface area contributed by atoms with Gasteiger partial charge in [0.2, 0.25) is 0 Å². The lowest BCUT2D eigenvalue weighted by molar-refractivity contribution is -0.116. The highest BCUT2D eigenvalue weighted by Crippen LogP contribution is 2.24. The van der Waals surface area contributed by atoms with Gasteiger partial charge in [-0.1, -0.05) is 19.0 Å². The lowest BCUT2D eigenvalue weighted by atomic mass is 10.1. The van der Waals surface area contributed by atoms with Gasteiger partial charge in [-0.25, -0.2) is 0 Å². The Morgan fingerprint density at radius 1 is 1.71 bits per heavy atom. The normalized spacial score (nSPS) is 20.9. The summed E-state index contributed by atoms with van der Waals surface area (Å²) in [5.41, 5.74) is 0. The second kappa shape index (κ2) is 5.39. The van der Waals surface area contributed by atoms with Crippen LogP contribution in [0.2, 0.25) is 0 Å². The number of ketones is 1. The Morgan fingerprint density at radius 2 is 2.43 bits per heavy atom. The zero-order valence-electron chi connectivity index (χ0n) is 8.95. The van der Waals surface area contributed by atoms with Crippen molar-refractivity contribution in [2.45, 2.75) is 39.7 Å². The van der Waals surface area contributed by atoms with Crippen molar-refractivity contribution in [3.63, 3.8) is 0 Å². The molecule has 0 N–H and O–H groups in total. The van der Waals surface area contributed by atoms with Crippen LogP contribution in [0.1, 0.15) is 33.6 Å². The highest BCUT2D eigenvalue weighted by molar-refractivity contribution is 8.13. The molecule has 0 saturated heterocycles. The van der Waals surface area contributed by atoms with Gasteiger partial charge < -0.3 is 4.84 Å². The summed E-state index contributed by atoms with van der Waals surface area (Å²) < 4.78 is 0. The minimum Gasteiger partial charge on any atom is -0.391 e. The lowest BCUT2D eigenvalue weighted by Crippen LogP contribution is -2.14. The first-order chi connectivity index (χ1) is 6.59. The van der Waals surface area contributed by atoms with E-state index in [0.29, 0.717) is 12.3 Å². The highest BCUT2D eigenvalue weighted by atomic mass is 32.2. The first-order valence-corrected chi connectivity index (χ1v) is 5.93. The molecule has 4 heteroatoms. The van der Waals surface area contributed by atoms with Gasteiger partial charge in [-0.3, -0.25) is 4.79 Å². The maximum atomic E-state index is 10.7. The second-order valence-corrected chi connectivity index (χ2v) is 5.05. The van der Waals surface area contributed by atoms with E-state index in [2.05, 4.69) is 19.0 Å². The zero-order valence-corrected chi connectivity index (χ0v) is 9.76. The second-order valence-electron chi connectivity index (χ2n) is 3.88. The summed E-state index contributed by atoms with van der Waals surface area (Å²) in [5.74, 6) is 1.56. The van der Waals surface area contributed by atoms with E-state index < -0.39 is 0 Å². The van der Waals surface area contributed by atoms with Gasteiger partial charge >= 0.3 is 0 Å². The minimum absolute atomic E-state index is 0.231. The number of carbonyl (C=O) groups excluding carboxylic acids is 1. The molecule has 0 spiro atoms. The fraction of sp³-hybridized carbons (Fsp3) is 0.800. The van der Waals surface area contributed by atoms with Crippen molar-refractivity contribution in [2.75, 3.05) is 5.75 Å². The van der Waals surface area contributed by atoms with Gasteiger partial charge in [0, 0.05) is 18.6 Å². The average Bonchev–Trinajstić information content (AvgIpc) is 2.52. The molecule has 0 aromatic rings. The third-order valence-electron chi connectivity index (χ3n) is 2.13. The summed E-state index contributed by atoms with van der Waals surface area (Å²) in [5, 5.41) is 5.04. The molecule has 14 heavy (non-hydrogen) atoms. The van der Waals surface area contributed by atoms with Gasteiger partial charge in [0.05, 0.1) is 0 Å². The summed E-state index contributed by atoms with van der Waals surface area (Å²) >= 11 is 1.64. The Labute approximate surface area is 89.3 Å². The third-order valence-corrected chi connectivity index (χ3v) is 3.11. The van der Waals surface area contributed by atoms with Gasteiger partial charge in [-0.15, -0.1) is 11.8 Å². The number of thioether (sulfide) groups is 1. The fourth-order valence-electron chi connectivity index (χ4n) is 1.13. The third kappa shape index (κ3) is 3.70. The molecule has 1 unspecified atom stereocenters. The van der Waals surface area contributed by atoms with Crippen LogP contribution in [0.15, 0.2) is 5.16 Å². The van der Waals surface area contributed by atoms with Crippen molar-refractivity contribution in [1.29, 1.82) is 0 Å². The zero-order chi connectivity index (χ0) is 10.6. The molecular weight excluding hydrogens is 198 g/mol. The molecule has 0 aliphatic carbocycles. The minimum atomic E-state index is 0.231. The van der Waals surface area contributed by atoms with Crippen LogP contribution < -0.4 is 0 Å².